The second kappa shape index (κ2) is 9.27. The highest BCUT2D eigenvalue weighted by Gasteiger charge is 2.22. The van der Waals surface area contributed by atoms with Crippen LogP contribution in [0.25, 0.3) is 17.0 Å². The number of rotatable bonds is 8. The fourth-order valence-corrected chi connectivity index (χ4v) is 3.13. The fourth-order valence-electron chi connectivity index (χ4n) is 3.13. The summed E-state index contributed by atoms with van der Waals surface area (Å²) < 4.78 is 12.0. The summed E-state index contributed by atoms with van der Waals surface area (Å²) in [6, 6.07) is 9.29. The number of anilines is 2. The number of para-hydroxylation sites is 1. The molecule has 0 aliphatic rings. The van der Waals surface area contributed by atoms with Crippen molar-refractivity contribution in [3.8, 4) is 0 Å². The van der Waals surface area contributed by atoms with Gasteiger partial charge in [0.1, 0.15) is 17.2 Å². The first-order chi connectivity index (χ1) is 14.5. The molecule has 0 saturated heterocycles. The molecule has 0 atom stereocenters. The molecule has 0 saturated carbocycles. The van der Waals surface area contributed by atoms with Crippen LogP contribution in [0, 0.1) is 0 Å². The third-order valence-electron chi connectivity index (χ3n) is 4.55. The van der Waals surface area contributed by atoms with Gasteiger partial charge >= 0.3 is 5.69 Å². The lowest BCUT2D eigenvalue weighted by Crippen LogP contribution is -2.42. The zero-order valence-electron chi connectivity index (χ0n) is 16.9. The summed E-state index contributed by atoms with van der Waals surface area (Å²) in [5.74, 6) is -0.0623. The molecule has 9 heteroatoms. The van der Waals surface area contributed by atoms with Gasteiger partial charge in [-0.2, -0.15) is 0 Å². The van der Waals surface area contributed by atoms with Gasteiger partial charge in [-0.25, -0.2) is 4.79 Å². The van der Waals surface area contributed by atoms with E-state index in [0.717, 1.165) is 5.39 Å². The van der Waals surface area contributed by atoms with Crippen LogP contribution < -0.4 is 21.9 Å². The molecular formula is C21H24N4O5. The second-order valence-corrected chi connectivity index (χ2v) is 6.65. The van der Waals surface area contributed by atoms with Gasteiger partial charge in [-0.15, -0.1) is 0 Å². The van der Waals surface area contributed by atoms with Crippen LogP contribution >= 0.6 is 0 Å². The van der Waals surface area contributed by atoms with Gasteiger partial charge in [0, 0.05) is 31.7 Å². The van der Waals surface area contributed by atoms with E-state index >= 15 is 0 Å². The van der Waals surface area contributed by atoms with E-state index in [0.29, 0.717) is 24.3 Å². The number of nitrogens with zero attached hydrogens (tertiary/aromatic N) is 2. The molecule has 30 heavy (non-hydrogen) atoms. The van der Waals surface area contributed by atoms with Crippen molar-refractivity contribution < 1.29 is 13.9 Å². The zero-order chi connectivity index (χ0) is 21.7. The van der Waals surface area contributed by atoms with Crippen LogP contribution in [0.1, 0.15) is 19.1 Å². The van der Waals surface area contributed by atoms with Gasteiger partial charge in [0.05, 0.1) is 6.61 Å². The lowest BCUT2D eigenvalue weighted by Gasteiger charge is -2.23. The number of carbonyl (C=O) groups excluding carboxylic acids is 1. The quantitative estimate of drug-likeness (QED) is 0.545. The molecule has 2 aromatic heterocycles. The summed E-state index contributed by atoms with van der Waals surface area (Å²) >= 11 is 0. The zero-order valence-corrected chi connectivity index (χ0v) is 16.9. The van der Waals surface area contributed by atoms with E-state index in [4.69, 9.17) is 14.9 Å². The van der Waals surface area contributed by atoms with Gasteiger partial charge in [-0.1, -0.05) is 25.1 Å². The smallest absolute Gasteiger partial charge is 0.330 e. The molecule has 2 heterocycles. The van der Waals surface area contributed by atoms with Gasteiger partial charge in [-0.3, -0.25) is 24.0 Å². The van der Waals surface area contributed by atoms with Crippen LogP contribution in [0.3, 0.4) is 0 Å². The van der Waals surface area contributed by atoms with E-state index in [9.17, 15) is 14.4 Å². The van der Waals surface area contributed by atoms with E-state index in [1.54, 1.807) is 6.07 Å². The van der Waals surface area contributed by atoms with Crippen LogP contribution in [0.5, 0.6) is 0 Å². The van der Waals surface area contributed by atoms with E-state index in [1.807, 2.05) is 31.2 Å². The molecule has 1 aromatic carbocycles. The monoisotopic (exact) mass is 412 g/mol. The molecule has 0 aliphatic carbocycles. The second-order valence-electron chi connectivity index (χ2n) is 6.65. The molecule has 0 fully saturated rings. The minimum Gasteiger partial charge on any atom is -0.457 e. The van der Waals surface area contributed by atoms with Crippen molar-refractivity contribution in [2.24, 2.45) is 0 Å². The number of methoxy groups -OCH3 is 1. The number of nitrogens with one attached hydrogen (secondary N) is 1. The van der Waals surface area contributed by atoms with Crippen LogP contribution in [0.4, 0.5) is 11.5 Å². The molecular weight excluding hydrogens is 388 g/mol. The number of aromatic nitrogens is 2. The first-order valence-electron chi connectivity index (χ1n) is 9.56. The largest absolute Gasteiger partial charge is 0.457 e. The summed E-state index contributed by atoms with van der Waals surface area (Å²) in [6.07, 6.45) is 3.45. The van der Waals surface area contributed by atoms with E-state index in [1.165, 1.54) is 28.7 Å². The minimum absolute atomic E-state index is 0.0628. The van der Waals surface area contributed by atoms with Gasteiger partial charge in [0.25, 0.3) is 11.5 Å². The Morgan fingerprint density at radius 1 is 1.33 bits per heavy atom. The summed E-state index contributed by atoms with van der Waals surface area (Å²) in [7, 11) is 1.48. The van der Waals surface area contributed by atoms with Crippen molar-refractivity contribution in [1.29, 1.82) is 0 Å². The Balaban J connectivity index is 1.97. The van der Waals surface area contributed by atoms with Crippen LogP contribution in [0.2, 0.25) is 0 Å². The summed E-state index contributed by atoms with van der Waals surface area (Å²) in [5.41, 5.74) is 5.38. The standard InChI is InChI=1S/C21H24N4O5/c1-3-10-25-19(22)18(20(27)23-21(25)28)24(11-12-29-2)17(26)9-8-15-13-14-6-4-5-7-16(14)30-15/h4-9,13H,3,10-12,22H2,1-2H3,(H,23,27,28)/b9-8+. The number of benzene rings is 1. The van der Waals surface area contributed by atoms with E-state index < -0.39 is 17.2 Å². The van der Waals surface area contributed by atoms with Crippen molar-refractivity contribution in [3.05, 3.63) is 63.0 Å². The lowest BCUT2D eigenvalue weighted by molar-refractivity contribution is -0.114. The molecule has 9 nitrogen and oxygen atoms in total. The number of ether oxygens (including phenoxy) is 1. The van der Waals surface area contributed by atoms with Gasteiger partial charge < -0.3 is 14.9 Å². The highest BCUT2D eigenvalue weighted by Crippen LogP contribution is 2.21. The highest BCUT2D eigenvalue weighted by atomic mass is 16.5. The third-order valence-corrected chi connectivity index (χ3v) is 4.55. The molecule has 0 bridgehead atoms. The van der Waals surface area contributed by atoms with Crippen molar-refractivity contribution in [1.82, 2.24) is 9.55 Å². The minimum atomic E-state index is -0.730. The van der Waals surface area contributed by atoms with E-state index in [2.05, 4.69) is 4.98 Å². The number of carbonyl (C=O) groups is 1. The SMILES string of the molecule is CCCn1c(N)c(N(CCOC)C(=O)/C=C/c2cc3ccccc3o2)c(=O)[nH]c1=O. The van der Waals surface area contributed by atoms with Crippen LogP contribution in [-0.4, -0.2) is 35.7 Å². The van der Waals surface area contributed by atoms with Crippen LogP contribution in [-0.2, 0) is 16.1 Å². The van der Waals surface area contributed by atoms with Gasteiger partial charge in [-0.05, 0) is 24.6 Å². The predicted molar refractivity (Wildman–Crippen MR) is 116 cm³/mol. The number of furan rings is 1. The van der Waals surface area contributed by atoms with Crippen molar-refractivity contribution >= 4 is 34.5 Å². The maximum Gasteiger partial charge on any atom is 0.330 e. The maximum absolute atomic E-state index is 12.9. The molecule has 0 aliphatic heterocycles. The van der Waals surface area contributed by atoms with Gasteiger partial charge in [0.15, 0.2) is 5.69 Å². The third kappa shape index (κ3) is 4.36. The van der Waals surface area contributed by atoms with Crippen molar-refractivity contribution in [2.45, 2.75) is 19.9 Å². The number of fused-ring (bicyclic) bond motifs is 1. The average Bonchev–Trinajstić information content (AvgIpc) is 3.14. The normalized spacial score (nSPS) is 11.4. The molecule has 158 valence electrons. The summed E-state index contributed by atoms with van der Waals surface area (Å²) in [6.45, 7) is 2.45. The summed E-state index contributed by atoms with van der Waals surface area (Å²) in [5, 5.41) is 0.910. The average molecular weight is 412 g/mol. The Bertz CT molecular complexity index is 1160. The van der Waals surface area contributed by atoms with Gasteiger partial charge in [0.2, 0.25) is 0 Å². The number of amides is 1. The Hall–Kier alpha value is -3.59. The molecule has 0 unspecified atom stereocenters. The Morgan fingerprint density at radius 3 is 2.80 bits per heavy atom. The lowest BCUT2D eigenvalue weighted by atomic mass is 10.2. The maximum atomic E-state index is 12.9. The number of nitrogens with two attached hydrogens (primary N) is 1. The fraction of sp³-hybridized carbons (Fsp3) is 0.286. The first kappa shape index (κ1) is 21.1. The molecule has 3 rings (SSSR count). The first-order valence-corrected chi connectivity index (χ1v) is 9.56. The predicted octanol–water partition coefficient (Wildman–Crippen LogP) is 1.97. The number of aromatic amines is 1. The Labute approximate surface area is 172 Å². The van der Waals surface area contributed by atoms with Crippen molar-refractivity contribution in [2.75, 3.05) is 30.9 Å². The van der Waals surface area contributed by atoms with Crippen LogP contribution in [0.15, 0.2) is 50.4 Å². The number of H-pyrrole nitrogens is 1. The summed E-state index contributed by atoms with van der Waals surface area (Å²) in [4.78, 5) is 40.9. The number of nitrogen functional groups attached to an aromatic ring is 1. The highest BCUT2D eigenvalue weighted by molar-refractivity contribution is 6.05. The Morgan fingerprint density at radius 2 is 2.10 bits per heavy atom. The topological polar surface area (TPSA) is 124 Å². The molecule has 0 radical (unpaired) electrons. The Kier molecular flexibility index (Phi) is 6.53. The number of hydrogen-bond acceptors (Lipinski definition) is 6. The van der Waals surface area contributed by atoms with Crippen molar-refractivity contribution in [3.63, 3.8) is 0 Å². The molecule has 1 amide bonds. The number of hydrogen-bond donors (Lipinski definition) is 2. The molecule has 0 spiro atoms. The molecule has 3 N–H and O–H groups in total. The van der Waals surface area contributed by atoms with E-state index in [-0.39, 0.29) is 24.7 Å². The molecule has 3 aromatic rings.